The van der Waals surface area contributed by atoms with Crippen molar-refractivity contribution < 1.29 is 27.5 Å². The molecule has 1 unspecified atom stereocenters. The number of hydrogen-bond donors (Lipinski definition) is 1. The highest BCUT2D eigenvalue weighted by Gasteiger charge is 2.54. The van der Waals surface area contributed by atoms with Crippen molar-refractivity contribution in [3.63, 3.8) is 0 Å². The molecule has 0 aromatic heterocycles. The first-order valence-electron chi connectivity index (χ1n) is 11.5. The smallest absolute Gasteiger partial charge is 0.381 e. The van der Waals surface area contributed by atoms with Gasteiger partial charge in [-0.05, 0) is 74.4 Å². The van der Waals surface area contributed by atoms with Gasteiger partial charge in [-0.2, -0.15) is 13.2 Å². The third-order valence-corrected chi connectivity index (χ3v) is 7.03. The van der Waals surface area contributed by atoms with E-state index < -0.39 is 23.1 Å². The number of halogens is 3. The summed E-state index contributed by atoms with van der Waals surface area (Å²) in [7, 11) is 0. The maximum Gasteiger partial charge on any atom is 0.416 e. The summed E-state index contributed by atoms with van der Waals surface area (Å²) in [6, 6.07) is 9.29. The third kappa shape index (κ3) is 4.56. The molecule has 0 saturated carbocycles. The molecule has 0 bridgehead atoms. The number of benzene rings is 2. The van der Waals surface area contributed by atoms with Crippen LogP contribution in [0.3, 0.4) is 0 Å². The van der Waals surface area contributed by atoms with Gasteiger partial charge in [0.25, 0.3) is 0 Å². The molecule has 34 heavy (non-hydrogen) atoms. The monoisotopic (exact) mass is 474 g/mol. The fourth-order valence-corrected chi connectivity index (χ4v) is 5.36. The zero-order valence-electron chi connectivity index (χ0n) is 19.6. The standard InChI is InChI=1S/C26H29F3N2O3/c1-16-11-20(26(27,28)29)13-21(12-16)30-24(33)25(19-7-9-34-10-8-19)14-22(32)31(15-25)23-17(2)5-4-6-18(23)3/h4-6,11-13,19H,7-10,14-15H2,1-3H3,(H,30,33). The van der Waals surface area contributed by atoms with Gasteiger partial charge in [-0.1, -0.05) is 18.2 Å². The highest BCUT2D eigenvalue weighted by atomic mass is 19.4. The van der Waals surface area contributed by atoms with Crippen LogP contribution in [0.1, 0.15) is 41.5 Å². The molecular formula is C26H29F3N2O3. The molecule has 2 fully saturated rings. The molecule has 0 spiro atoms. The second kappa shape index (κ2) is 9.06. The number of carbonyl (C=O) groups excluding carboxylic acids is 2. The maximum atomic E-state index is 13.8. The summed E-state index contributed by atoms with van der Waals surface area (Å²) < 4.78 is 45.5. The van der Waals surface area contributed by atoms with E-state index in [-0.39, 0.29) is 30.5 Å². The van der Waals surface area contributed by atoms with Crippen LogP contribution in [-0.2, 0) is 20.5 Å². The molecule has 1 N–H and O–H groups in total. The van der Waals surface area contributed by atoms with Crippen LogP contribution in [-0.4, -0.2) is 31.6 Å². The molecule has 8 heteroatoms. The maximum absolute atomic E-state index is 13.8. The van der Waals surface area contributed by atoms with Crippen LogP contribution in [0.4, 0.5) is 24.5 Å². The van der Waals surface area contributed by atoms with E-state index in [0.29, 0.717) is 31.6 Å². The lowest BCUT2D eigenvalue weighted by Crippen LogP contribution is -2.46. The summed E-state index contributed by atoms with van der Waals surface area (Å²) in [6.07, 6.45) is -3.28. The molecule has 5 nitrogen and oxygen atoms in total. The number of aryl methyl sites for hydroxylation is 3. The summed E-state index contributed by atoms with van der Waals surface area (Å²) in [5.41, 5.74) is 1.27. The van der Waals surface area contributed by atoms with Gasteiger partial charge in [0.05, 0.1) is 11.0 Å². The third-order valence-electron chi connectivity index (χ3n) is 7.03. The number of carbonyl (C=O) groups is 2. The summed E-state index contributed by atoms with van der Waals surface area (Å²) in [6.45, 7) is 6.57. The number of rotatable bonds is 4. The van der Waals surface area contributed by atoms with Crippen LogP contribution < -0.4 is 10.2 Å². The van der Waals surface area contributed by atoms with E-state index in [0.717, 1.165) is 28.9 Å². The summed E-state index contributed by atoms with van der Waals surface area (Å²) >= 11 is 0. The minimum atomic E-state index is -4.52. The molecule has 2 aliphatic rings. The Labute approximate surface area is 197 Å². The first kappa shape index (κ1) is 24.3. The van der Waals surface area contributed by atoms with Gasteiger partial charge >= 0.3 is 6.18 Å². The van der Waals surface area contributed by atoms with Crippen LogP contribution >= 0.6 is 0 Å². The Bertz CT molecular complexity index is 1090. The van der Waals surface area contributed by atoms with E-state index in [1.165, 1.54) is 6.07 Å². The molecule has 2 aromatic carbocycles. The van der Waals surface area contributed by atoms with Gasteiger partial charge in [-0.3, -0.25) is 9.59 Å². The first-order chi connectivity index (χ1) is 16.0. The van der Waals surface area contributed by atoms with E-state index in [2.05, 4.69) is 5.32 Å². The van der Waals surface area contributed by atoms with E-state index in [1.54, 1.807) is 11.8 Å². The van der Waals surface area contributed by atoms with E-state index in [1.807, 2.05) is 32.0 Å². The molecule has 0 aliphatic carbocycles. The van der Waals surface area contributed by atoms with Gasteiger partial charge < -0.3 is 15.0 Å². The second-order valence-electron chi connectivity index (χ2n) is 9.48. The van der Waals surface area contributed by atoms with Crippen molar-refractivity contribution >= 4 is 23.2 Å². The first-order valence-corrected chi connectivity index (χ1v) is 11.5. The normalized spacial score (nSPS) is 21.7. The van der Waals surface area contributed by atoms with Crippen molar-refractivity contribution in [2.45, 2.75) is 46.2 Å². The fourth-order valence-electron chi connectivity index (χ4n) is 5.36. The molecule has 4 rings (SSSR count). The molecule has 2 heterocycles. The molecule has 2 aromatic rings. The lowest BCUT2D eigenvalue weighted by molar-refractivity contribution is -0.137. The van der Waals surface area contributed by atoms with Crippen LogP contribution in [0.2, 0.25) is 0 Å². The van der Waals surface area contributed by atoms with Crippen molar-refractivity contribution in [1.29, 1.82) is 0 Å². The Balaban J connectivity index is 1.71. The van der Waals surface area contributed by atoms with Crippen molar-refractivity contribution in [2.24, 2.45) is 11.3 Å². The molecule has 1 atom stereocenters. The molecule has 2 amide bonds. The van der Waals surface area contributed by atoms with E-state index in [9.17, 15) is 22.8 Å². The summed E-state index contributed by atoms with van der Waals surface area (Å²) in [5, 5.41) is 2.74. The van der Waals surface area contributed by atoms with E-state index in [4.69, 9.17) is 4.74 Å². The van der Waals surface area contributed by atoms with Crippen LogP contribution in [0, 0.1) is 32.1 Å². The minimum Gasteiger partial charge on any atom is -0.381 e. The molecule has 0 radical (unpaired) electrons. The topological polar surface area (TPSA) is 58.6 Å². The lowest BCUT2D eigenvalue weighted by atomic mass is 9.70. The summed E-state index contributed by atoms with van der Waals surface area (Å²) in [5.74, 6) is -0.689. The number of ether oxygens (including phenoxy) is 1. The second-order valence-corrected chi connectivity index (χ2v) is 9.48. The van der Waals surface area contributed by atoms with Crippen molar-refractivity contribution in [1.82, 2.24) is 0 Å². The van der Waals surface area contributed by atoms with E-state index >= 15 is 0 Å². The van der Waals surface area contributed by atoms with Gasteiger partial charge in [0, 0.05) is 37.6 Å². The van der Waals surface area contributed by atoms with Crippen LogP contribution in [0.5, 0.6) is 0 Å². The van der Waals surface area contributed by atoms with Gasteiger partial charge in [-0.25, -0.2) is 0 Å². The number of alkyl halides is 3. The van der Waals surface area contributed by atoms with Gasteiger partial charge in [0.15, 0.2) is 0 Å². The minimum absolute atomic E-state index is 0.00914. The highest BCUT2D eigenvalue weighted by Crippen LogP contribution is 2.46. The number of nitrogens with one attached hydrogen (secondary N) is 1. The average Bonchev–Trinajstić information content (AvgIpc) is 3.11. The Morgan fingerprint density at radius 1 is 1.09 bits per heavy atom. The fraction of sp³-hybridized carbons (Fsp3) is 0.462. The number of amides is 2. The quantitative estimate of drug-likeness (QED) is 0.644. The zero-order valence-corrected chi connectivity index (χ0v) is 19.6. The number of nitrogens with zero attached hydrogens (tertiary/aromatic N) is 1. The number of anilines is 2. The van der Waals surface area contributed by atoms with Gasteiger partial charge in [0.1, 0.15) is 0 Å². The van der Waals surface area contributed by atoms with Crippen molar-refractivity contribution in [3.8, 4) is 0 Å². The SMILES string of the molecule is Cc1cc(NC(=O)C2(C3CCOCC3)CC(=O)N(c3c(C)cccc3C)C2)cc(C(F)(F)F)c1. The predicted molar refractivity (Wildman–Crippen MR) is 124 cm³/mol. The lowest BCUT2D eigenvalue weighted by Gasteiger charge is -2.38. The van der Waals surface area contributed by atoms with Gasteiger partial charge in [-0.15, -0.1) is 0 Å². The Morgan fingerprint density at radius 3 is 2.35 bits per heavy atom. The molecular weight excluding hydrogens is 445 g/mol. The van der Waals surface area contributed by atoms with Crippen molar-refractivity contribution in [3.05, 3.63) is 58.7 Å². The number of para-hydroxylation sites is 1. The highest BCUT2D eigenvalue weighted by molar-refractivity contribution is 6.06. The molecule has 2 aliphatic heterocycles. The summed E-state index contributed by atoms with van der Waals surface area (Å²) in [4.78, 5) is 28.8. The number of hydrogen-bond acceptors (Lipinski definition) is 3. The molecule has 2 saturated heterocycles. The predicted octanol–water partition coefficient (Wildman–Crippen LogP) is 5.42. The largest absolute Gasteiger partial charge is 0.416 e. The Hall–Kier alpha value is -2.87. The van der Waals surface area contributed by atoms with Gasteiger partial charge in [0.2, 0.25) is 11.8 Å². The Morgan fingerprint density at radius 2 is 1.74 bits per heavy atom. The average molecular weight is 475 g/mol. The zero-order chi connectivity index (χ0) is 24.7. The molecule has 182 valence electrons. The van der Waals surface area contributed by atoms with Crippen LogP contribution in [0.15, 0.2) is 36.4 Å². The van der Waals surface area contributed by atoms with Crippen LogP contribution in [0.25, 0.3) is 0 Å². The Kier molecular flexibility index (Phi) is 6.46. The van der Waals surface area contributed by atoms with Crippen molar-refractivity contribution in [2.75, 3.05) is 30.0 Å².